The summed E-state index contributed by atoms with van der Waals surface area (Å²) >= 11 is 2.30. The maximum Gasteiger partial charge on any atom is 0.181 e. The van der Waals surface area contributed by atoms with Crippen LogP contribution in [0.1, 0.15) is 11.5 Å². The van der Waals surface area contributed by atoms with Crippen LogP contribution >= 0.6 is 22.9 Å². The molecule has 0 aliphatic carbocycles. The predicted octanol–water partition coefficient (Wildman–Crippen LogP) is 1.38. The Balaban J connectivity index is 2.30. The molecule has 0 N–H and O–H groups in total. The fourth-order valence-electron chi connectivity index (χ4n) is 1.09. The second-order valence-electron chi connectivity index (χ2n) is 2.32. The average molecular weight is 250 g/mol. The molecule has 0 saturated heterocycles. The van der Waals surface area contributed by atoms with Crippen molar-refractivity contribution in [3.05, 3.63) is 17.8 Å². The van der Waals surface area contributed by atoms with Crippen molar-refractivity contribution in [2.45, 2.75) is 13.0 Å². The first-order valence-corrected chi connectivity index (χ1v) is 4.15. The van der Waals surface area contributed by atoms with Gasteiger partial charge in [0.15, 0.2) is 6.39 Å². The largest absolute Gasteiger partial charge is 0.448 e. The molecule has 1 aromatic heterocycles. The normalized spacial score (nSPS) is 18.9. The topological polar surface area (TPSA) is 29.3 Å². The highest BCUT2D eigenvalue weighted by Crippen LogP contribution is 2.19. The molecule has 0 spiro atoms. The fraction of sp³-hybridized carbons (Fsp3) is 0.500. The highest BCUT2D eigenvalue weighted by Gasteiger charge is 2.17. The first-order valence-electron chi connectivity index (χ1n) is 3.18. The van der Waals surface area contributed by atoms with Crippen LogP contribution in [0.2, 0.25) is 0 Å². The van der Waals surface area contributed by atoms with Crippen molar-refractivity contribution in [2.75, 3.05) is 6.54 Å². The predicted molar refractivity (Wildman–Crippen MR) is 44.6 cm³/mol. The van der Waals surface area contributed by atoms with Crippen molar-refractivity contribution in [2.24, 2.45) is 0 Å². The quantitative estimate of drug-likeness (QED) is 0.514. The number of halogens is 1. The molecule has 1 aliphatic rings. The minimum Gasteiger partial charge on any atom is -0.448 e. The van der Waals surface area contributed by atoms with Gasteiger partial charge in [0, 0.05) is 35.8 Å². The second-order valence-corrected chi connectivity index (χ2v) is 3.68. The fourth-order valence-corrected chi connectivity index (χ4v) is 1.65. The van der Waals surface area contributed by atoms with E-state index in [-0.39, 0.29) is 0 Å². The molecule has 0 aromatic carbocycles. The van der Waals surface area contributed by atoms with Crippen molar-refractivity contribution >= 4 is 22.9 Å². The van der Waals surface area contributed by atoms with Gasteiger partial charge in [0.05, 0.1) is 12.2 Å². The summed E-state index contributed by atoms with van der Waals surface area (Å²) in [6, 6.07) is 0. The van der Waals surface area contributed by atoms with E-state index in [1.54, 1.807) is 0 Å². The molecule has 0 unspecified atom stereocenters. The van der Waals surface area contributed by atoms with Gasteiger partial charge < -0.3 is 4.42 Å². The van der Waals surface area contributed by atoms with Gasteiger partial charge in [-0.3, -0.25) is 0 Å². The van der Waals surface area contributed by atoms with E-state index in [9.17, 15) is 0 Å². The summed E-state index contributed by atoms with van der Waals surface area (Å²) in [6.07, 6.45) is 2.53. The number of aromatic nitrogens is 1. The van der Waals surface area contributed by atoms with E-state index in [4.69, 9.17) is 4.42 Å². The molecule has 0 fully saturated rings. The maximum absolute atomic E-state index is 5.16. The monoisotopic (exact) mass is 250 g/mol. The Bertz CT molecular complexity index is 235. The Kier molecular flexibility index (Phi) is 1.65. The molecule has 1 aromatic rings. The summed E-state index contributed by atoms with van der Waals surface area (Å²) in [5, 5.41) is 0. The molecular weight excluding hydrogens is 243 g/mol. The molecule has 1 aliphatic heterocycles. The Morgan fingerprint density at radius 1 is 1.70 bits per heavy atom. The van der Waals surface area contributed by atoms with E-state index >= 15 is 0 Å². The molecule has 54 valence electrons. The van der Waals surface area contributed by atoms with E-state index in [1.165, 1.54) is 6.39 Å². The van der Waals surface area contributed by atoms with Crippen LogP contribution < -0.4 is 0 Å². The van der Waals surface area contributed by atoms with Gasteiger partial charge in [-0.15, -0.1) is 0 Å². The number of nitrogens with zero attached hydrogens (tertiary/aromatic N) is 2. The molecule has 0 amide bonds. The number of fused-ring (bicyclic) bond motifs is 1. The third-order valence-electron chi connectivity index (χ3n) is 1.63. The van der Waals surface area contributed by atoms with Crippen LogP contribution in [0.3, 0.4) is 0 Å². The summed E-state index contributed by atoms with van der Waals surface area (Å²) in [5.41, 5.74) is 1.10. The molecule has 2 rings (SSSR count). The Labute approximate surface area is 72.9 Å². The van der Waals surface area contributed by atoms with E-state index in [0.29, 0.717) is 0 Å². The number of hydrogen-bond acceptors (Lipinski definition) is 3. The van der Waals surface area contributed by atoms with Crippen molar-refractivity contribution in [1.82, 2.24) is 8.10 Å². The molecule has 0 saturated carbocycles. The van der Waals surface area contributed by atoms with Gasteiger partial charge in [0.2, 0.25) is 0 Å². The van der Waals surface area contributed by atoms with Crippen molar-refractivity contribution < 1.29 is 4.42 Å². The molecule has 2 heterocycles. The summed E-state index contributed by atoms with van der Waals surface area (Å²) in [4.78, 5) is 4.09. The Morgan fingerprint density at radius 3 is 3.50 bits per heavy atom. The van der Waals surface area contributed by atoms with Gasteiger partial charge >= 0.3 is 0 Å². The molecular formula is C6H7IN2O. The lowest BCUT2D eigenvalue weighted by molar-refractivity contribution is 0.416. The standard InChI is InChI=1S/C6H7IN2O/c7-9-2-1-6-5(3-9)8-4-10-6/h4H,1-3H2. The second kappa shape index (κ2) is 2.50. The molecule has 3 nitrogen and oxygen atoms in total. The van der Waals surface area contributed by atoms with Crippen LogP contribution in [-0.4, -0.2) is 14.6 Å². The van der Waals surface area contributed by atoms with E-state index in [1.807, 2.05) is 0 Å². The zero-order valence-electron chi connectivity index (χ0n) is 5.38. The third kappa shape index (κ3) is 1.05. The van der Waals surface area contributed by atoms with E-state index in [0.717, 1.165) is 31.0 Å². The van der Waals surface area contributed by atoms with Crippen molar-refractivity contribution in [3.63, 3.8) is 0 Å². The minimum absolute atomic E-state index is 0.923. The number of rotatable bonds is 0. The number of oxazole rings is 1. The Morgan fingerprint density at radius 2 is 2.60 bits per heavy atom. The van der Waals surface area contributed by atoms with Crippen molar-refractivity contribution in [1.29, 1.82) is 0 Å². The lowest BCUT2D eigenvalue weighted by Crippen LogP contribution is -2.20. The highest BCUT2D eigenvalue weighted by molar-refractivity contribution is 14.1. The maximum atomic E-state index is 5.16. The van der Waals surface area contributed by atoms with E-state index in [2.05, 4.69) is 31.0 Å². The first kappa shape index (κ1) is 6.60. The summed E-state index contributed by atoms with van der Waals surface area (Å²) in [7, 11) is 0. The molecule has 4 heteroatoms. The zero-order chi connectivity index (χ0) is 6.97. The average Bonchev–Trinajstić information content (AvgIpc) is 2.33. The molecule has 0 bridgehead atoms. The smallest absolute Gasteiger partial charge is 0.181 e. The molecule has 10 heavy (non-hydrogen) atoms. The van der Waals surface area contributed by atoms with Crippen LogP contribution in [0.5, 0.6) is 0 Å². The van der Waals surface area contributed by atoms with Gasteiger partial charge in [-0.1, -0.05) is 0 Å². The highest BCUT2D eigenvalue weighted by atomic mass is 127. The van der Waals surface area contributed by atoms with Gasteiger partial charge in [-0.05, 0) is 0 Å². The number of hydrogen-bond donors (Lipinski definition) is 0. The third-order valence-corrected chi connectivity index (χ3v) is 2.45. The van der Waals surface area contributed by atoms with Crippen LogP contribution in [0, 0.1) is 0 Å². The van der Waals surface area contributed by atoms with Gasteiger partial charge in [0.1, 0.15) is 5.76 Å². The molecule has 0 atom stereocenters. The SMILES string of the molecule is IN1CCc2ocnc2C1. The minimum atomic E-state index is 0.923. The summed E-state index contributed by atoms with van der Waals surface area (Å²) < 4.78 is 7.37. The molecule has 0 radical (unpaired) electrons. The summed E-state index contributed by atoms with van der Waals surface area (Å²) in [6.45, 7) is 2.00. The van der Waals surface area contributed by atoms with Crippen molar-refractivity contribution in [3.8, 4) is 0 Å². The van der Waals surface area contributed by atoms with Crippen LogP contribution in [0.25, 0.3) is 0 Å². The van der Waals surface area contributed by atoms with Crippen LogP contribution in [0.15, 0.2) is 10.8 Å². The lowest BCUT2D eigenvalue weighted by Gasteiger charge is -2.17. The Hall–Kier alpha value is -0.100. The van der Waals surface area contributed by atoms with Gasteiger partial charge in [-0.25, -0.2) is 8.10 Å². The van der Waals surface area contributed by atoms with Crippen LogP contribution in [-0.2, 0) is 13.0 Å². The van der Waals surface area contributed by atoms with Gasteiger partial charge in [0.25, 0.3) is 0 Å². The van der Waals surface area contributed by atoms with E-state index < -0.39 is 0 Å². The zero-order valence-corrected chi connectivity index (χ0v) is 7.54. The van der Waals surface area contributed by atoms with Crippen LogP contribution in [0.4, 0.5) is 0 Å². The summed E-state index contributed by atoms with van der Waals surface area (Å²) in [5.74, 6) is 1.06. The lowest BCUT2D eigenvalue weighted by atomic mass is 10.2. The van der Waals surface area contributed by atoms with Gasteiger partial charge in [-0.2, -0.15) is 0 Å². The first-order chi connectivity index (χ1) is 4.86.